The summed E-state index contributed by atoms with van der Waals surface area (Å²) in [7, 11) is -1.98. The van der Waals surface area contributed by atoms with Gasteiger partial charge >= 0.3 is 5.97 Å². The first-order valence-electron chi connectivity index (χ1n) is 14.8. The normalized spacial score (nSPS) is 15.7. The second-order valence-corrected chi connectivity index (χ2v) is 13.2. The molecule has 2 aromatic carbocycles. The molecule has 0 saturated heterocycles. The number of halogens is 1. The smallest absolute Gasteiger partial charge is 0.357 e. The molecular weight excluding hydrogens is 584 g/mol. The van der Waals surface area contributed by atoms with E-state index in [1.807, 2.05) is 22.9 Å². The first-order chi connectivity index (χ1) is 20.9. The monoisotopic (exact) mass is 617 g/mol. The lowest BCUT2D eigenvalue weighted by molar-refractivity contribution is 0.0520. The van der Waals surface area contributed by atoms with Gasteiger partial charge in [-0.2, -0.15) is 5.10 Å². The van der Waals surface area contributed by atoms with Gasteiger partial charge in [0.15, 0.2) is 21.6 Å². The molecule has 0 amide bonds. The molecule has 2 aliphatic carbocycles. The maximum absolute atomic E-state index is 15.0. The van der Waals surface area contributed by atoms with E-state index in [9.17, 15) is 13.4 Å². The van der Waals surface area contributed by atoms with Crippen LogP contribution in [0.2, 0.25) is 0 Å². The third-order valence-electron chi connectivity index (χ3n) is 7.98. The number of hydrogen-bond donors (Lipinski definition) is 1. The van der Waals surface area contributed by atoms with Crippen LogP contribution in [0.3, 0.4) is 0 Å². The molecule has 2 fully saturated rings. The zero-order valence-electron chi connectivity index (χ0n) is 24.0. The summed E-state index contributed by atoms with van der Waals surface area (Å²) in [4.78, 5) is 17.6. The number of nitrogens with two attached hydrogens (primary N) is 1. The molecule has 1 atom stereocenters. The van der Waals surface area contributed by atoms with E-state index in [0.717, 1.165) is 54.5 Å². The molecule has 7 nitrogen and oxygen atoms in total. The minimum atomic E-state index is -1.98. The van der Waals surface area contributed by atoms with E-state index < -0.39 is 17.0 Å². The van der Waals surface area contributed by atoms with E-state index >= 15 is 0 Å². The number of thiazole rings is 1. The van der Waals surface area contributed by atoms with Crippen LogP contribution in [0.25, 0.3) is 16.4 Å². The summed E-state index contributed by atoms with van der Waals surface area (Å²) in [5.41, 5.74) is 4.97. The van der Waals surface area contributed by atoms with Crippen molar-refractivity contribution in [3.8, 4) is 28.2 Å². The molecule has 2 heterocycles. The van der Waals surface area contributed by atoms with Crippen molar-refractivity contribution in [2.45, 2.75) is 63.2 Å². The number of thiol groups is 1. The van der Waals surface area contributed by atoms with Gasteiger partial charge in [0.1, 0.15) is 5.82 Å². The molecule has 0 aliphatic heterocycles. The summed E-state index contributed by atoms with van der Waals surface area (Å²) >= 11 is 1.33. The zero-order chi connectivity index (χ0) is 29.9. The topological polar surface area (TPSA) is 100 Å². The Balaban J connectivity index is 1.48. The van der Waals surface area contributed by atoms with Crippen LogP contribution in [-0.4, -0.2) is 27.3 Å². The molecule has 0 bridgehead atoms. The van der Waals surface area contributed by atoms with Crippen molar-refractivity contribution in [1.29, 1.82) is 0 Å². The summed E-state index contributed by atoms with van der Waals surface area (Å²) in [5.74, 6) is 6.40. The van der Waals surface area contributed by atoms with E-state index in [2.05, 4.69) is 16.8 Å². The second kappa shape index (κ2) is 12.9. The highest BCUT2D eigenvalue weighted by molar-refractivity contribution is 7.82. The first-order valence-corrected chi connectivity index (χ1v) is 17.0. The molecule has 6 rings (SSSR count). The van der Waals surface area contributed by atoms with Crippen LogP contribution in [-0.2, 0) is 32.8 Å². The SMILES string of the molecule is CCOC(=O)c1csc(-n2nc(-c3ccc(F)c(C#CC4CCCC4)c3)c(Cc3cccc([SH+](N)=O)c3)c2CC2CC2)n1. The minimum absolute atomic E-state index is 0.239. The molecule has 2 N–H and O–H groups in total. The van der Waals surface area contributed by atoms with Crippen LogP contribution in [0.4, 0.5) is 4.39 Å². The lowest BCUT2D eigenvalue weighted by atomic mass is 9.96. The van der Waals surface area contributed by atoms with E-state index in [-0.39, 0.29) is 18.1 Å². The molecule has 0 radical (unpaired) electrons. The fraction of sp³-hybridized carbons (Fsp3) is 0.364. The van der Waals surface area contributed by atoms with Crippen molar-refractivity contribution < 1.29 is 18.1 Å². The Morgan fingerprint density at radius 2 is 2.00 bits per heavy atom. The van der Waals surface area contributed by atoms with Crippen LogP contribution >= 0.6 is 11.3 Å². The van der Waals surface area contributed by atoms with Crippen molar-refractivity contribution >= 4 is 28.3 Å². The Hall–Kier alpha value is -3.65. The van der Waals surface area contributed by atoms with Gasteiger partial charge < -0.3 is 4.74 Å². The zero-order valence-corrected chi connectivity index (χ0v) is 25.7. The predicted octanol–water partition coefficient (Wildman–Crippen LogP) is 6.33. The number of benzene rings is 2. The molecule has 2 aliphatic rings. The summed E-state index contributed by atoms with van der Waals surface area (Å²) in [6, 6.07) is 12.5. The molecule has 0 spiro atoms. The predicted molar refractivity (Wildman–Crippen MR) is 167 cm³/mol. The van der Waals surface area contributed by atoms with Crippen molar-refractivity contribution in [3.63, 3.8) is 0 Å². The molecule has 10 heteroatoms. The number of carbonyl (C=O) groups excluding carboxylic acids is 1. The van der Waals surface area contributed by atoms with E-state index in [1.165, 1.54) is 30.2 Å². The highest BCUT2D eigenvalue weighted by Crippen LogP contribution is 2.38. The average molecular weight is 618 g/mol. The summed E-state index contributed by atoms with van der Waals surface area (Å²) in [6.07, 6.45) is 8.01. The van der Waals surface area contributed by atoms with Gasteiger partial charge in [0.05, 0.1) is 23.6 Å². The second-order valence-electron chi connectivity index (χ2n) is 11.2. The Bertz CT molecular complexity index is 1740. The fourth-order valence-electron chi connectivity index (χ4n) is 5.55. The lowest BCUT2D eigenvalue weighted by Gasteiger charge is -2.09. The van der Waals surface area contributed by atoms with Crippen molar-refractivity contribution in [1.82, 2.24) is 14.8 Å². The number of hydrogen-bond acceptors (Lipinski definition) is 6. The van der Waals surface area contributed by atoms with Crippen molar-refractivity contribution in [3.05, 3.63) is 81.7 Å². The molecule has 2 saturated carbocycles. The molecule has 2 aromatic heterocycles. The lowest BCUT2D eigenvalue weighted by Crippen LogP contribution is -2.08. The summed E-state index contributed by atoms with van der Waals surface area (Å²) in [6.45, 7) is 2.02. The van der Waals surface area contributed by atoms with Crippen LogP contribution in [0.5, 0.6) is 0 Å². The van der Waals surface area contributed by atoms with Gasteiger partial charge in [0.2, 0.25) is 5.13 Å². The standard InChI is InChI=1S/C33H33FN4O3S2/c1-2-41-32(39)29-20-42-33(36-29)38-30(18-22-10-11-22)27(17-23-8-5-9-26(16-23)43(35)40)31(37-38)25-14-15-28(34)24(19-25)13-12-21-6-3-4-7-21/h5,8-9,14-16,19-22H,2-4,6-7,10-11,17-18H2,1H3,(H2,35,40)/p+1. The van der Waals surface area contributed by atoms with Crippen LogP contribution in [0.1, 0.15) is 78.3 Å². The van der Waals surface area contributed by atoms with Gasteiger partial charge in [-0.25, -0.2) is 18.9 Å². The minimum Gasteiger partial charge on any atom is -0.461 e. The third-order valence-corrected chi connectivity index (χ3v) is 9.58. The highest BCUT2D eigenvalue weighted by atomic mass is 32.2. The van der Waals surface area contributed by atoms with Gasteiger partial charge in [-0.1, -0.05) is 41.0 Å². The van der Waals surface area contributed by atoms with Crippen LogP contribution < -0.4 is 5.14 Å². The molecule has 222 valence electrons. The molecule has 4 aromatic rings. The number of ether oxygens (including phenoxy) is 1. The maximum Gasteiger partial charge on any atom is 0.357 e. The molecule has 43 heavy (non-hydrogen) atoms. The largest absolute Gasteiger partial charge is 0.461 e. The number of carbonyl (C=O) groups is 1. The van der Waals surface area contributed by atoms with E-state index in [0.29, 0.717) is 39.5 Å². The first kappa shape index (κ1) is 29.4. The Labute approximate surface area is 257 Å². The summed E-state index contributed by atoms with van der Waals surface area (Å²) < 4.78 is 34.1. The van der Waals surface area contributed by atoms with Gasteiger partial charge in [-0.3, -0.25) is 0 Å². The van der Waals surface area contributed by atoms with Crippen LogP contribution in [0, 0.1) is 29.5 Å². The number of esters is 1. The van der Waals surface area contributed by atoms with Crippen molar-refractivity contribution in [2.75, 3.05) is 6.61 Å². The Morgan fingerprint density at radius 3 is 2.74 bits per heavy atom. The van der Waals surface area contributed by atoms with Crippen LogP contribution in [0.15, 0.2) is 52.7 Å². The van der Waals surface area contributed by atoms with Gasteiger partial charge in [0, 0.05) is 28.8 Å². The van der Waals surface area contributed by atoms with Crippen molar-refractivity contribution in [2.24, 2.45) is 17.0 Å². The number of rotatable bonds is 9. The number of aromatic nitrogens is 3. The maximum atomic E-state index is 15.0. The summed E-state index contributed by atoms with van der Waals surface area (Å²) in [5, 5.41) is 13.1. The fourth-order valence-corrected chi connectivity index (χ4v) is 6.85. The van der Waals surface area contributed by atoms with Gasteiger partial charge in [-0.15, -0.1) is 16.5 Å². The molecular formula is C33H34FN4O3S2+. The average Bonchev–Trinajstić information content (AvgIpc) is 3.35. The van der Waals surface area contributed by atoms with Gasteiger partial charge in [0.25, 0.3) is 0 Å². The Kier molecular flexibility index (Phi) is 8.84. The third kappa shape index (κ3) is 6.80. The molecule has 1 unspecified atom stereocenters. The van der Waals surface area contributed by atoms with Gasteiger partial charge in [-0.05, 0) is 80.8 Å². The quantitative estimate of drug-likeness (QED) is 0.102. The highest BCUT2D eigenvalue weighted by Gasteiger charge is 2.30. The van der Waals surface area contributed by atoms with E-state index in [4.69, 9.17) is 15.0 Å². The number of nitrogens with zero attached hydrogens (tertiary/aromatic N) is 3. The van der Waals surface area contributed by atoms with E-state index in [1.54, 1.807) is 30.5 Å². The Morgan fingerprint density at radius 1 is 1.19 bits per heavy atom.